The van der Waals surface area contributed by atoms with Gasteiger partial charge < -0.3 is 24.3 Å². The Morgan fingerprint density at radius 1 is 1.10 bits per heavy atom. The van der Waals surface area contributed by atoms with Crippen LogP contribution in [0.2, 0.25) is 0 Å². The number of nitrogens with one attached hydrogen (secondary N) is 1. The topological polar surface area (TPSA) is 96.0 Å². The number of ether oxygens (including phenoxy) is 4. The first-order valence-electron chi connectivity index (χ1n) is 8.65. The molecule has 0 unspecified atom stereocenters. The number of benzene rings is 2. The van der Waals surface area contributed by atoms with Gasteiger partial charge in [0.15, 0.2) is 18.1 Å². The van der Waals surface area contributed by atoms with Gasteiger partial charge in [-0.25, -0.2) is 9.78 Å². The van der Waals surface area contributed by atoms with E-state index in [2.05, 4.69) is 19.8 Å². The Labute approximate surface area is 172 Å². The molecular formula is C19H14F2N2O6S. The fourth-order valence-electron chi connectivity index (χ4n) is 2.61. The van der Waals surface area contributed by atoms with Crippen LogP contribution in [0.15, 0.2) is 42.5 Å². The zero-order chi connectivity index (χ0) is 21.1. The molecule has 1 aliphatic rings. The molecule has 4 rings (SSSR count). The second-order valence-electron chi connectivity index (χ2n) is 6.11. The normalized spacial score (nSPS) is 13.9. The zero-order valence-corrected chi connectivity index (χ0v) is 16.0. The minimum absolute atomic E-state index is 0.141. The first-order valence-corrected chi connectivity index (χ1v) is 9.47. The average molecular weight is 436 g/mol. The first kappa shape index (κ1) is 20.0. The van der Waals surface area contributed by atoms with Gasteiger partial charge in [0.05, 0.1) is 16.8 Å². The van der Waals surface area contributed by atoms with E-state index in [1.54, 1.807) is 0 Å². The highest BCUT2D eigenvalue weighted by atomic mass is 32.1. The van der Waals surface area contributed by atoms with Crippen LogP contribution in [0.25, 0.3) is 10.2 Å². The molecule has 1 aliphatic heterocycles. The molecule has 2 aromatic carbocycles. The minimum Gasteiger partial charge on any atom is -0.454 e. The summed E-state index contributed by atoms with van der Waals surface area (Å²) in [6, 6.07) is 11.4. The second kappa shape index (κ2) is 8.20. The van der Waals surface area contributed by atoms with Crippen molar-refractivity contribution in [1.29, 1.82) is 0 Å². The molecule has 0 atom stereocenters. The van der Waals surface area contributed by atoms with E-state index in [4.69, 9.17) is 9.47 Å². The monoisotopic (exact) mass is 436 g/mol. The Morgan fingerprint density at radius 2 is 1.90 bits per heavy atom. The lowest BCUT2D eigenvalue weighted by molar-refractivity contribution is -0.286. The molecule has 0 saturated carbocycles. The smallest absolute Gasteiger partial charge is 0.454 e. The standard InChI is InChI=1S/C19H14F2N2O6S/c20-19(21)28-13-6-5-11(7-14(13)29-19)22-16(24)8-27-18(25)10-26-9-17-23-12-3-1-2-4-15(12)30-17/h1-7H,8-10H2,(H,22,24). The van der Waals surface area contributed by atoms with Gasteiger partial charge in [-0.05, 0) is 24.3 Å². The van der Waals surface area contributed by atoms with Crippen LogP contribution in [0.5, 0.6) is 11.5 Å². The number of alkyl halides is 2. The van der Waals surface area contributed by atoms with Crippen molar-refractivity contribution in [2.75, 3.05) is 18.5 Å². The maximum absolute atomic E-state index is 13.0. The maximum atomic E-state index is 13.0. The van der Waals surface area contributed by atoms with E-state index in [1.165, 1.54) is 29.5 Å². The second-order valence-corrected chi connectivity index (χ2v) is 7.22. The molecule has 1 amide bonds. The number of rotatable bonds is 7. The summed E-state index contributed by atoms with van der Waals surface area (Å²) in [6.07, 6.45) is -3.74. The Hall–Kier alpha value is -3.31. The molecule has 1 N–H and O–H groups in total. The number of aromatic nitrogens is 1. The van der Waals surface area contributed by atoms with Gasteiger partial charge in [0, 0.05) is 11.8 Å². The number of thiazole rings is 1. The third kappa shape index (κ3) is 4.81. The molecule has 0 spiro atoms. The van der Waals surface area contributed by atoms with Crippen LogP contribution in [0, 0.1) is 0 Å². The van der Waals surface area contributed by atoms with Crippen molar-refractivity contribution < 1.29 is 37.3 Å². The molecule has 0 radical (unpaired) electrons. The van der Waals surface area contributed by atoms with Gasteiger partial charge in [-0.1, -0.05) is 12.1 Å². The van der Waals surface area contributed by atoms with E-state index in [-0.39, 0.29) is 30.4 Å². The fourth-order valence-corrected chi connectivity index (χ4v) is 3.52. The van der Waals surface area contributed by atoms with Crippen LogP contribution in [-0.2, 0) is 25.7 Å². The Morgan fingerprint density at radius 3 is 2.73 bits per heavy atom. The highest BCUT2D eigenvalue weighted by Gasteiger charge is 2.43. The lowest BCUT2D eigenvalue weighted by Crippen LogP contribution is -2.26. The van der Waals surface area contributed by atoms with Gasteiger partial charge in [0.25, 0.3) is 5.91 Å². The summed E-state index contributed by atoms with van der Waals surface area (Å²) >= 11 is 1.46. The highest BCUT2D eigenvalue weighted by molar-refractivity contribution is 7.18. The number of nitrogens with zero attached hydrogens (tertiary/aromatic N) is 1. The number of halogens is 2. The highest BCUT2D eigenvalue weighted by Crippen LogP contribution is 2.42. The van der Waals surface area contributed by atoms with Crippen LogP contribution in [0.3, 0.4) is 0 Å². The Kier molecular flexibility index (Phi) is 5.46. The van der Waals surface area contributed by atoms with Crippen molar-refractivity contribution in [3.05, 3.63) is 47.5 Å². The van der Waals surface area contributed by atoms with E-state index in [9.17, 15) is 18.4 Å². The maximum Gasteiger partial charge on any atom is 0.586 e. The van der Waals surface area contributed by atoms with Gasteiger partial charge in [0.2, 0.25) is 0 Å². The van der Waals surface area contributed by atoms with E-state index < -0.39 is 24.8 Å². The molecule has 0 aliphatic carbocycles. The molecule has 0 bridgehead atoms. The lowest BCUT2D eigenvalue weighted by Gasteiger charge is -2.07. The fraction of sp³-hybridized carbons (Fsp3) is 0.211. The molecular weight excluding hydrogens is 422 g/mol. The lowest BCUT2D eigenvalue weighted by atomic mass is 10.3. The van der Waals surface area contributed by atoms with Gasteiger partial charge in [-0.3, -0.25) is 4.79 Å². The van der Waals surface area contributed by atoms with Gasteiger partial charge in [-0.15, -0.1) is 20.1 Å². The van der Waals surface area contributed by atoms with Crippen LogP contribution in [0.4, 0.5) is 14.5 Å². The number of carbonyl (C=O) groups excluding carboxylic acids is 2. The molecule has 2 heterocycles. The number of carbonyl (C=O) groups is 2. The summed E-state index contributed by atoms with van der Waals surface area (Å²) in [5, 5.41) is 3.12. The number of hydrogen-bond acceptors (Lipinski definition) is 8. The summed E-state index contributed by atoms with van der Waals surface area (Å²) in [4.78, 5) is 28.0. The van der Waals surface area contributed by atoms with E-state index in [0.717, 1.165) is 15.2 Å². The molecule has 8 nitrogen and oxygen atoms in total. The Balaban J connectivity index is 1.19. The molecule has 0 saturated heterocycles. The van der Waals surface area contributed by atoms with Crippen molar-refractivity contribution >= 4 is 39.1 Å². The van der Waals surface area contributed by atoms with Crippen molar-refractivity contribution in [3.8, 4) is 11.5 Å². The van der Waals surface area contributed by atoms with Crippen LogP contribution in [-0.4, -0.2) is 36.4 Å². The van der Waals surface area contributed by atoms with Gasteiger partial charge in [0.1, 0.15) is 11.6 Å². The van der Waals surface area contributed by atoms with Crippen molar-refractivity contribution in [3.63, 3.8) is 0 Å². The molecule has 3 aromatic rings. The van der Waals surface area contributed by atoms with Crippen molar-refractivity contribution in [2.45, 2.75) is 12.9 Å². The third-order valence-electron chi connectivity index (χ3n) is 3.83. The van der Waals surface area contributed by atoms with E-state index >= 15 is 0 Å². The predicted octanol–water partition coefficient (Wildman–Crippen LogP) is 3.32. The predicted molar refractivity (Wildman–Crippen MR) is 102 cm³/mol. The van der Waals surface area contributed by atoms with Gasteiger partial charge in [-0.2, -0.15) is 0 Å². The third-order valence-corrected chi connectivity index (χ3v) is 4.84. The SMILES string of the molecule is O=C(COC(=O)COCc1nc2ccccc2s1)Nc1ccc2c(c1)OC(F)(F)O2. The number of anilines is 1. The van der Waals surface area contributed by atoms with Gasteiger partial charge >= 0.3 is 12.3 Å². The number of hydrogen-bond donors (Lipinski definition) is 1. The Bertz CT molecular complexity index is 1070. The molecule has 30 heavy (non-hydrogen) atoms. The quantitative estimate of drug-likeness (QED) is 0.568. The molecule has 156 valence electrons. The number of amides is 1. The number of para-hydroxylation sites is 1. The molecule has 11 heteroatoms. The van der Waals surface area contributed by atoms with Crippen LogP contribution >= 0.6 is 11.3 Å². The number of esters is 1. The largest absolute Gasteiger partial charge is 0.586 e. The summed E-state index contributed by atoms with van der Waals surface area (Å²) in [5.74, 6) is -1.73. The van der Waals surface area contributed by atoms with E-state index in [0.29, 0.717) is 0 Å². The zero-order valence-electron chi connectivity index (χ0n) is 15.2. The summed E-state index contributed by atoms with van der Waals surface area (Å²) < 4.78 is 45.7. The van der Waals surface area contributed by atoms with Crippen molar-refractivity contribution in [2.24, 2.45) is 0 Å². The average Bonchev–Trinajstić information content (AvgIpc) is 3.24. The van der Waals surface area contributed by atoms with E-state index in [1.807, 2.05) is 24.3 Å². The van der Waals surface area contributed by atoms with Crippen molar-refractivity contribution in [1.82, 2.24) is 4.98 Å². The summed E-state index contributed by atoms with van der Waals surface area (Å²) in [6.45, 7) is -0.765. The summed E-state index contributed by atoms with van der Waals surface area (Å²) in [7, 11) is 0. The molecule has 0 fully saturated rings. The van der Waals surface area contributed by atoms with Crippen LogP contribution in [0.1, 0.15) is 5.01 Å². The van der Waals surface area contributed by atoms with Crippen LogP contribution < -0.4 is 14.8 Å². The number of fused-ring (bicyclic) bond motifs is 2. The summed E-state index contributed by atoms with van der Waals surface area (Å²) in [5.41, 5.74) is 1.04. The molecule has 1 aromatic heterocycles. The first-order chi connectivity index (χ1) is 14.4. The minimum atomic E-state index is -3.74.